The quantitative estimate of drug-likeness (QED) is 0.374. The van der Waals surface area contributed by atoms with Crippen LogP contribution in [0.4, 0.5) is 4.39 Å². The van der Waals surface area contributed by atoms with E-state index in [1.54, 1.807) is 15.5 Å². The number of aromatic hydroxyl groups is 1. The fourth-order valence-electron chi connectivity index (χ4n) is 4.72. The number of halogens is 3. The number of alkyl halides is 1. The molecule has 3 heterocycles. The van der Waals surface area contributed by atoms with Crippen LogP contribution in [0.5, 0.6) is 5.75 Å². The Labute approximate surface area is 205 Å². The highest BCUT2D eigenvalue weighted by molar-refractivity contribution is 6.30. The number of nitrogens with one attached hydrogen (secondary N) is 2. The van der Waals surface area contributed by atoms with E-state index in [1.165, 1.54) is 12.1 Å². The highest BCUT2D eigenvalue weighted by Crippen LogP contribution is 2.42. The summed E-state index contributed by atoms with van der Waals surface area (Å²) in [5.74, 6) is -2.19. The molecule has 0 fully saturated rings. The molecule has 1 aromatic heterocycles. The lowest BCUT2D eigenvalue weighted by molar-refractivity contribution is 0.0675. The summed E-state index contributed by atoms with van der Waals surface area (Å²) in [6.45, 7) is 3.00. The normalized spacial score (nSPS) is 18.8. The standard InChI is InChI=1S/C23H25Cl2FN4O4/c1-2-29-11-13-9-15(27-8-4-7-24)18-16(20(31)21(32)19(23(29)34)30(13)18)22(33)28-10-12-5-3-6-14(25)17(12)26/h3,5-6,13,15,27,32H,2,4,7-11H2,1H3,(H,28,33)/t13-,15+/m0/s1. The number of rotatable bonds is 8. The first kappa shape index (κ1) is 24.5. The fraction of sp³-hybridized carbons (Fsp3) is 0.435. The summed E-state index contributed by atoms with van der Waals surface area (Å²) in [5.41, 5.74) is -0.778. The van der Waals surface area contributed by atoms with Gasteiger partial charge in [0.25, 0.3) is 11.8 Å². The molecule has 0 saturated heterocycles. The zero-order valence-corrected chi connectivity index (χ0v) is 20.0. The van der Waals surface area contributed by atoms with Crippen molar-refractivity contribution in [3.63, 3.8) is 0 Å². The lowest BCUT2D eigenvalue weighted by Gasteiger charge is -2.33. The van der Waals surface area contributed by atoms with Gasteiger partial charge in [-0.05, 0) is 32.4 Å². The largest absolute Gasteiger partial charge is 0.503 e. The summed E-state index contributed by atoms with van der Waals surface area (Å²) >= 11 is 11.6. The van der Waals surface area contributed by atoms with Gasteiger partial charge >= 0.3 is 0 Å². The van der Waals surface area contributed by atoms with Crippen LogP contribution in [0.3, 0.4) is 0 Å². The molecule has 0 radical (unpaired) electrons. The highest BCUT2D eigenvalue weighted by Gasteiger charge is 2.44. The van der Waals surface area contributed by atoms with E-state index >= 15 is 0 Å². The molecule has 3 N–H and O–H groups in total. The maximum absolute atomic E-state index is 14.3. The number of aromatic nitrogens is 1. The Kier molecular flexibility index (Phi) is 7.16. The molecule has 182 valence electrons. The number of hydrogen-bond donors (Lipinski definition) is 3. The first-order chi connectivity index (χ1) is 16.3. The number of pyridine rings is 1. The van der Waals surface area contributed by atoms with Crippen molar-refractivity contribution < 1.29 is 19.1 Å². The maximum Gasteiger partial charge on any atom is 0.274 e. The molecule has 0 unspecified atom stereocenters. The zero-order chi connectivity index (χ0) is 24.6. The molecule has 0 aliphatic carbocycles. The summed E-state index contributed by atoms with van der Waals surface area (Å²) in [6.07, 6.45) is 1.21. The van der Waals surface area contributed by atoms with Crippen LogP contribution >= 0.6 is 23.2 Å². The van der Waals surface area contributed by atoms with Gasteiger partial charge in [-0.15, -0.1) is 11.6 Å². The summed E-state index contributed by atoms with van der Waals surface area (Å²) in [7, 11) is 0. The number of amides is 2. The molecule has 2 aliphatic heterocycles. The molecule has 0 bridgehead atoms. The monoisotopic (exact) mass is 510 g/mol. The summed E-state index contributed by atoms with van der Waals surface area (Å²) in [5, 5.41) is 16.5. The van der Waals surface area contributed by atoms with Crippen LogP contribution in [0.15, 0.2) is 23.0 Å². The second-order valence-electron chi connectivity index (χ2n) is 8.33. The van der Waals surface area contributed by atoms with Gasteiger partial charge in [0, 0.05) is 31.1 Å². The molecular formula is C23H25Cl2FN4O4. The van der Waals surface area contributed by atoms with Crippen LogP contribution < -0.4 is 16.1 Å². The van der Waals surface area contributed by atoms with Gasteiger partial charge in [-0.1, -0.05) is 23.7 Å². The molecule has 4 rings (SSSR count). The molecule has 1 aromatic carbocycles. The van der Waals surface area contributed by atoms with E-state index in [0.29, 0.717) is 44.0 Å². The SMILES string of the molecule is CCN1C[C@@H]2C[C@@H](NCCCCl)c3c(C(=O)NCc4cccc(Cl)c4F)c(=O)c(O)c(n32)C1=O. The van der Waals surface area contributed by atoms with Crippen molar-refractivity contribution in [1.29, 1.82) is 0 Å². The van der Waals surface area contributed by atoms with E-state index in [9.17, 15) is 23.9 Å². The minimum atomic E-state index is -0.929. The van der Waals surface area contributed by atoms with Crippen molar-refractivity contribution in [1.82, 2.24) is 20.1 Å². The van der Waals surface area contributed by atoms with Crippen LogP contribution in [0.1, 0.15) is 64.0 Å². The third-order valence-electron chi connectivity index (χ3n) is 6.33. The number of nitrogens with zero attached hydrogens (tertiary/aromatic N) is 2. The van der Waals surface area contributed by atoms with Gasteiger partial charge < -0.3 is 25.2 Å². The Morgan fingerprint density at radius 2 is 2.09 bits per heavy atom. The predicted octanol–water partition coefficient (Wildman–Crippen LogP) is 2.96. The third-order valence-corrected chi connectivity index (χ3v) is 6.89. The summed E-state index contributed by atoms with van der Waals surface area (Å²) < 4.78 is 15.9. The molecule has 2 aromatic rings. The molecule has 11 heteroatoms. The molecular weight excluding hydrogens is 486 g/mol. The number of likely N-dealkylation sites (N-methyl/N-ethyl adjacent to an activating group) is 1. The van der Waals surface area contributed by atoms with Crippen LogP contribution in [-0.2, 0) is 6.54 Å². The van der Waals surface area contributed by atoms with Crippen LogP contribution in [-0.4, -0.2) is 51.9 Å². The number of hydrogen-bond acceptors (Lipinski definition) is 5. The molecule has 8 nitrogen and oxygen atoms in total. The van der Waals surface area contributed by atoms with Gasteiger partial charge in [0.1, 0.15) is 11.4 Å². The smallest absolute Gasteiger partial charge is 0.274 e. The van der Waals surface area contributed by atoms with E-state index in [2.05, 4.69) is 10.6 Å². The average molecular weight is 511 g/mol. The lowest BCUT2D eigenvalue weighted by atomic mass is 10.0. The maximum atomic E-state index is 14.3. The van der Waals surface area contributed by atoms with Gasteiger partial charge in [-0.2, -0.15) is 0 Å². The molecule has 2 amide bonds. The topological polar surface area (TPSA) is 104 Å². The minimum Gasteiger partial charge on any atom is -0.503 e. The van der Waals surface area contributed by atoms with E-state index in [4.69, 9.17) is 23.2 Å². The van der Waals surface area contributed by atoms with E-state index in [0.717, 1.165) is 0 Å². The predicted molar refractivity (Wildman–Crippen MR) is 126 cm³/mol. The Morgan fingerprint density at radius 1 is 1.32 bits per heavy atom. The minimum absolute atomic E-state index is 0.0813. The molecule has 0 spiro atoms. The Hall–Kier alpha value is -2.62. The molecule has 0 saturated carbocycles. The first-order valence-corrected chi connectivity index (χ1v) is 12.0. The summed E-state index contributed by atoms with van der Waals surface area (Å²) in [4.78, 5) is 41.0. The van der Waals surface area contributed by atoms with Crippen molar-refractivity contribution in [2.45, 2.75) is 38.4 Å². The van der Waals surface area contributed by atoms with Gasteiger partial charge in [0.05, 0.1) is 22.8 Å². The molecule has 2 atom stereocenters. The number of carbonyl (C=O) groups is 2. The zero-order valence-electron chi connectivity index (χ0n) is 18.5. The summed E-state index contributed by atoms with van der Waals surface area (Å²) in [6, 6.07) is 3.82. The number of carbonyl (C=O) groups excluding carboxylic acids is 2. The first-order valence-electron chi connectivity index (χ1n) is 11.1. The van der Waals surface area contributed by atoms with Gasteiger partial charge in [-0.25, -0.2) is 4.39 Å². The van der Waals surface area contributed by atoms with E-state index in [1.807, 2.05) is 6.92 Å². The molecule has 2 aliphatic rings. The Morgan fingerprint density at radius 3 is 2.79 bits per heavy atom. The average Bonchev–Trinajstić information content (AvgIpc) is 3.16. The highest BCUT2D eigenvalue weighted by atomic mass is 35.5. The van der Waals surface area contributed by atoms with Gasteiger partial charge in [0.2, 0.25) is 5.43 Å². The lowest BCUT2D eigenvalue weighted by Crippen LogP contribution is -2.44. The second kappa shape index (κ2) is 9.93. The second-order valence-corrected chi connectivity index (χ2v) is 9.12. The van der Waals surface area contributed by atoms with Crippen molar-refractivity contribution in [3.05, 3.63) is 61.8 Å². The van der Waals surface area contributed by atoms with Gasteiger partial charge in [0.15, 0.2) is 11.4 Å². The number of benzene rings is 1. The van der Waals surface area contributed by atoms with Crippen molar-refractivity contribution in [3.8, 4) is 5.75 Å². The van der Waals surface area contributed by atoms with Gasteiger partial charge in [-0.3, -0.25) is 14.4 Å². The van der Waals surface area contributed by atoms with Crippen LogP contribution in [0.2, 0.25) is 5.02 Å². The van der Waals surface area contributed by atoms with E-state index in [-0.39, 0.29) is 34.4 Å². The third kappa shape index (κ3) is 4.16. The van der Waals surface area contributed by atoms with Crippen molar-refractivity contribution in [2.24, 2.45) is 0 Å². The van der Waals surface area contributed by atoms with Crippen LogP contribution in [0.25, 0.3) is 0 Å². The molecule has 34 heavy (non-hydrogen) atoms. The Balaban J connectivity index is 1.77. The van der Waals surface area contributed by atoms with Crippen molar-refractivity contribution >= 4 is 35.0 Å². The van der Waals surface area contributed by atoms with Crippen LogP contribution in [0, 0.1) is 5.82 Å². The van der Waals surface area contributed by atoms with Crippen molar-refractivity contribution in [2.75, 3.05) is 25.5 Å². The Bertz CT molecular complexity index is 1200. The fourth-order valence-corrected chi connectivity index (χ4v) is 5.05. The van der Waals surface area contributed by atoms with E-state index < -0.39 is 34.9 Å².